The molecule has 2 rings (SSSR count). The molecule has 94 valence electrons. The largest absolute Gasteiger partial charge is 0.354 e. The summed E-state index contributed by atoms with van der Waals surface area (Å²) in [4.78, 5) is 14.9. The fourth-order valence-corrected chi connectivity index (χ4v) is 3.50. The molecule has 0 saturated carbocycles. The SMILES string of the molecule is Cc1ccsc1C(C(C)N)N1CCNC(=O)C1. The molecular formula is C12H19N3OS. The second-order valence-electron chi connectivity index (χ2n) is 4.59. The average Bonchev–Trinajstić information content (AvgIpc) is 2.65. The van der Waals surface area contributed by atoms with Gasteiger partial charge in [0, 0.05) is 24.0 Å². The highest BCUT2D eigenvalue weighted by molar-refractivity contribution is 7.10. The standard InChI is InChI=1S/C12H19N3OS/c1-8-3-6-17-12(8)11(9(2)13)15-5-4-14-10(16)7-15/h3,6,9,11H,4-5,7,13H2,1-2H3,(H,14,16). The molecule has 1 aromatic rings. The van der Waals surface area contributed by atoms with Gasteiger partial charge in [0.05, 0.1) is 12.6 Å². The van der Waals surface area contributed by atoms with E-state index in [-0.39, 0.29) is 18.0 Å². The quantitative estimate of drug-likeness (QED) is 0.840. The van der Waals surface area contributed by atoms with Crippen LogP contribution in [0.1, 0.15) is 23.4 Å². The summed E-state index contributed by atoms with van der Waals surface area (Å²) in [6.45, 7) is 6.15. The number of aryl methyl sites for hydroxylation is 1. The van der Waals surface area contributed by atoms with Crippen LogP contribution in [-0.2, 0) is 4.79 Å². The minimum Gasteiger partial charge on any atom is -0.354 e. The van der Waals surface area contributed by atoms with Gasteiger partial charge < -0.3 is 11.1 Å². The van der Waals surface area contributed by atoms with Gasteiger partial charge in [-0.25, -0.2) is 0 Å². The van der Waals surface area contributed by atoms with Crippen LogP contribution < -0.4 is 11.1 Å². The van der Waals surface area contributed by atoms with Crippen molar-refractivity contribution in [2.24, 2.45) is 5.73 Å². The molecule has 1 saturated heterocycles. The molecule has 0 bridgehead atoms. The number of hydrogen-bond acceptors (Lipinski definition) is 4. The lowest BCUT2D eigenvalue weighted by Gasteiger charge is -2.36. The van der Waals surface area contributed by atoms with Gasteiger partial charge in [-0.1, -0.05) is 0 Å². The molecule has 1 amide bonds. The van der Waals surface area contributed by atoms with Crippen molar-refractivity contribution >= 4 is 17.2 Å². The van der Waals surface area contributed by atoms with E-state index >= 15 is 0 Å². The molecule has 1 fully saturated rings. The highest BCUT2D eigenvalue weighted by Gasteiger charge is 2.29. The maximum atomic E-state index is 11.5. The highest BCUT2D eigenvalue weighted by atomic mass is 32.1. The second kappa shape index (κ2) is 5.16. The summed E-state index contributed by atoms with van der Waals surface area (Å²) < 4.78 is 0. The van der Waals surface area contributed by atoms with Crippen LogP contribution in [0.15, 0.2) is 11.4 Å². The van der Waals surface area contributed by atoms with Gasteiger partial charge in [-0.2, -0.15) is 0 Å². The van der Waals surface area contributed by atoms with Gasteiger partial charge in [0.25, 0.3) is 0 Å². The summed E-state index contributed by atoms with van der Waals surface area (Å²) in [6, 6.07) is 2.29. The number of carbonyl (C=O) groups excluding carboxylic acids is 1. The molecule has 17 heavy (non-hydrogen) atoms. The van der Waals surface area contributed by atoms with E-state index < -0.39 is 0 Å². The second-order valence-corrected chi connectivity index (χ2v) is 5.54. The van der Waals surface area contributed by atoms with Crippen LogP contribution in [0.25, 0.3) is 0 Å². The first-order valence-corrected chi connectivity index (χ1v) is 6.78. The van der Waals surface area contributed by atoms with Crippen molar-refractivity contribution in [2.75, 3.05) is 19.6 Å². The van der Waals surface area contributed by atoms with Crippen LogP contribution in [0.4, 0.5) is 0 Å². The predicted molar refractivity (Wildman–Crippen MR) is 70.0 cm³/mol. The van der Waals surface area contributed by atoms with Gasteiger partial charge in [-0.3, -0.25) is 9.69 Å². The normalized spacial score (nSPS) is 21.0. The number of nitrogens with one attached hydrogen (secondary N) is 1. The lowest BCUT2D eigenvalue weighted by molar-refractivity contribution is -0.125. The number of nitrogens with zero attached hydrogens (tertiary/aromatic N) is 1. The van der Waals surface area contributed by atoms with Gasteiger partial charge in [0.2, 0.25) is 5.91 Å². The molecule has 2 unspecified atom stereocenters. The monoisotopic (exact) mass is 253 g/mol. The van der Waals surface area contributed by atoms with Crippen molar-refractivity contribution in [3.05, 3.63) is 21.9 Å². The predicted octanol–water partition coefficient (Wildman–Crippen LogP) is 0.877. The smallest absolute Gasteiger partial charge is 0.234 e. The van der Waals surface area contributed by atoms with Crippen LogP contribution in [0, 0.1) is 6.92 Å². The number of rotatable bonds is 3. The molecule has 5 heteroatoms. The Morgan fingerprint density at radius 3 is 2.88 bits per heavy atom. The topological polar surface area (TPSA) is 58.4 Å². The zero-order valence-corrected chi connectivity index (χ0v) is 11.1. The Hall–Kier alpha value is -0.910. The van der Waals surface area contributed by atoms with Gasteiger partial charge in [0.15, 0.2) is 0 Å². The number of hydrogen-bond donors (Lipinski definition) is 2. The van der Waals surface area contributed by atoms with E-state index in [4.69, 9.17) is 5.73 Å². The molecule has 1 aromatic heterocycles. The first-order valence-electron chi connectivity index (χ1n) is 5.90. The summed E-state index contributed by atoms with van der Waals surface area (Å²) in [7, 11) is 0. The Labute approximate surface area is 106 Å². The van der Waals surface area contributed by atoms with Crippen molar-refractivity contribution in [1.29, 1.82) is 0 Å². The summed E-state index contributed by atoms with van der Waals surface area (Å²) in [6.07, 6.45) is 0. The molecule has 2 heterocycles. The van der Waals surface area contributed by atoms with Gasteiger partial charge in [-0.05, 0) is 30.9 Å². The molecular weight excluding hydrogens is 234 g/mol. The zero-order chi connectivity index (χ0) is 12.4. The third-order valence-electron chi connectivity index (χ3n) is 3.13. The van der Waals surface area contributed by atoms with E-state index in [1.54, 1.807) is 11.3 Å². The van der Waals surface area contributed by atoms with Crippen LogP contribution >= 0.6 is 11.3 Å². The average molecular weight is 253 g/mol. The molecule has 0 aliphatic carbocycles. The maximum absolute atomic E-state index is 11.5. The Balaban J connectivity index is 2.23. The number of amides is 1. The minimum absolute atomic E-state index is 0.0262. The molecule has 1 aliphatic heterocycles. The molecule has 4 nitrogen and oxygen atoms in total. The zero-order valence-electron chi connectivity index (χ0n) is 10.3. The lowest BCUT2D eigenvalue weighted by Crippen LogP contribution is -2.52. The molecule has 0 radical (unpaired) electrons. The van der Waals surface area contributed by atoms with Crippen molar-refractivity contribution in [3.8, 4) is 0 Å². The third-order valence-corrected chi connectivity index (χ3v) is 4.22. The number of carbonyl (C=O) groups is 1. The van der Waals surface area contributed by atoms with Crippen molar-refractivity contribution in [1.82, 2.24) is 10.2 Å². The third kappa shape index (κ3) is 2.68. The van der Waals surface area contributed by atoms with Crippen LogP contribution in [0.2, 0.25) is 0 Å². The number of nitrogens with two attached hydrogens (primary N) is 1. The molecule has 1 aliphatic rings. The van der Waals surface area contributed by atoms with Crippen molar-refractivity contribution in [3.63, 3.8) is 0 Å². The molecule has 2 atom stereocenters. The summed E-state index contributed by atoms with van der Waals surface area (Å²) in [5, 5.41) is 4.94. The minimum atomic E-state index is 0.0262. The van der Waals surface area contributed by atoms with Crippen molar-refractivity contribution < 1.29 is 4.79 Å². The fourth-order valence-electron chi connectivity index (χ4n) is 2.32. The molecule has 3 N–H and O–H groups in total. The van der Waals surface area contributed by atoms with E-state index in [9.17, 15) is 4.79 Å². The number of piperazine rings is 1. The van der Waals surface area contributed by atoms with Gasteiger partial charge in [-0.15, -0.1) is 11.3 Å². The van der Waals surface area contributed by atoms with Crippen LogP contribution in [-0.4, -0.2) is 36.5 Å². The summed E-state index contributed by atoms with van der Waals surface area (Å²) in [5.74, 6) is 0.0936. The number of thiophene rings is 1. The Kier molecular flexibility index (Phi) is 3.81. The Bertz CT molecular complexity index is 402. The van der Waals surface area contributed by atoms with Crippen LogP contribution in [0.3, 0.4) is 0 Å². The first-order chi connectivity index (χ1) is 8.09. The lowest BCUT2D eigenvalue weighted by atomic mass is 10.0. The highest BCUT2D eigenvalue weighted by Crippen LogP contribution is 2.30. The van der Waals surface area contributed by atoms with E-state index in [1.165, 1.54) is 10.4 Å². The van der Waals surface area contributed by atoms with E-state index in [0.717, 1.165) is 6.54 Å². The van der Waals surface area contributed by atoms with Gasteiger partial charge in [0.1, 0.15) is 0 Å². The Morgan fingerprint density at radius 2 is 2.35 bits per heavy atom. The fraction of sp³-hybridized carbons (Fsp3) is 0.583. The van der Waals surface area contributed by atoms with Gasteiger partial charge >= 0.3 is 0 Å². The summed E-state index contributed by atoms with van der Waals surface area (Å²) in [5.41, 5.74) is 7.37. The van der Waals surface area contributed by atoms with E-state index in [1.807, 2.05) is 6.92 Å². The van der Waals surface area contributed by atoms with Crippen molar-refractivity contribution in [2.45, 2.75) is 25.9 Å². The van der Waals surface area contributed by atoms with Crippen LogP contribution in [0.5, 0.6) is 0 Å². The Morgan fingerprint density at radius 1 is 1.59 bits per heavy atom. The van der Waals surface area contributed by atoms with E-state index in [2.05, 4.69) is 28.6 Å². The maximum Gasteiger partial charge on any atom is 0.234 e. The molecule has 0 aromatic carbocycles. The van der Waals surface area contributed by atoms with E-state index in [0.29, 0.717) is 13.1 Å². The summed E-state index contributed by atoms with van der Waals surface area (Å²) >= 11 is 1.73. The molecule has 0 spiro atoms. The first kappa shape index (κ1) is 12.5.